The standard InChI is InChI=1S/C17H24ClN3O2S/c1-2-15-16(22)19-9-10-21(15)17(23)20-8-5-11-24-12-13-6-3-4-7-14(13)18/h3-4,6-7,15H,2,5,8-12H2,1H3,(H,19,22)(H,20,23)/t15-/m0/s1. The van der Waals surface area contributed by atoms with Gasteiger partial charge in [0.1, 0.15) is 6.04 Å². The zero-order valence-corrected chi connectivity index (χ0v) is 15.5. The fourth-order valence-corrected chi connectivity index (χ4v) is 3.88. The van der Waals surface area contributed by atoms with E-state index in [0.29, 0.717) is 26.1 Å². The lowest BCUT2D eigenvalue weighted by molar-refractivity contribution is -0.127. The molecule has 1 aliphatic rings. The van der Waals surface area contributed by atoms with E-state index >= 15 is 0 Å². The molecule has 1 aliphatic heterocycles. The van der Waals surface area contributed by atoms with E-state index in [0.717, 1.165) is 28.5 Å². The lowest BCUT2D eigenvalue weighted by Gasteiger charge is -2.34. The summed E-state index contributed by atoms with van der Waals surface area (Å²) in [5, 5.41) is 6.51. The molecule has 1 aromatic carbocycles. The molecule has 3 amide bonds. The molecule has 24 heavy (non-hydrogen) atoms. The molecule has 0 bridgehead atoms. The Kier molecular flexibility index (Phi) is 7.72. The van der Waals surface area contributed by atoms with E-state index in [2.05, 4.69) is 10.6 Å². The maximum atomic E-state index is 12.2. The molecular weight excluding hydrogens is 346 g/mol. The number of nitrogens with zero attached hydrogens (tertiary/aromatic N) is 1. The van der Waals surface area contributed by atoms with E-state index in [1.807, 2.05) is 31.2 Å². The van der Waals surface area contributed by atoms with Crippen LogP contribution in [0.2, 0.25) is 5.02 Å². The van der Waals surface area contributed by atoms with Crippen molar-refractivity contribution in [2.24, 2.45) is 0 Å². The molecule has 2 N–H and O–H groups in total. The third kappa shape index (κ3) is 5.31. The number of hydrogen-bond acceptors (Lipinski definition) is 3. The van der Waals surface area contributed by atoms with Gasteiger partial charge in [-0.1, -0.05) is 36.7 Å². The molecule has 1 fully saturated rings. The second kappa shape index (κ2) is 9.79. The average Bonchev–Trinajstić information content (AvgIpc) is 2.59. The second-order valence-electron chi connectivity index (χ2n) is 5.64. The summed E-state index contributed by atoms with van der Waals surface area (Å²) in [5.41, 5.74) is 1.14. The number of hydrogen-bond donors (Lipinski definition) is 2. The van der Waals surface area contributed by atoms with Crippen molar-refractivity contribution in [2.75, 3.05) is 25.4 Å². The summed E-state index contributed by atoms with van der Waals surface area (Å²) in [4.78, 5) is 25.6. The van der Waals surface area contributed by atoms with Gasteiger partial charge in [-0.05, 0) is 30.2 Å². The summed E-state index contributed by atoms with van der Waals surface area (Å²) in [5.74, 6) is 1.76. The van der Waals surface area contributed by atoms with E-state index in [1.165, 1.54) is 0 Å². The number of carbonyl (C=O) groups excluding carboxylic acids is 2. The van der Waals surface area contributed by atoms with E-state index in [9.17, 15) is 9.59 Å². The third-order valence-corrected chi connectivity index (χ3v) is 5.40. The van der Waals surface area contributed by atoms with Crippen molar-refractivity contribution in [3.05, 3.63) is 34.9 Å². The van der Waals surface area contributed by atoms with Crippen LogP contribution in [0.1, 0.15) is 25.3 Å². The lowest BCUT2D eigenvalue weighted by atomic mass is 10.1. The van der Waals surface area contributed by atoms with E-state index in [1.54, 1.807) is 16.7 Å². The Bertz CT molecular complexity index is 571. The van der Waals surface area contributed by atoms with Gasteiger partial charge >= 0.3 is 6.03 Å². The van der Waals surface area contributed by atoms with Gasteiger partial charge in [0.05, 0.1) is 0 Å². The number of benzene rings is 1. The van der Waals surface area contributed by atoms with Crippen molar-refractivity contribution in [1.82, 2.24) is 15.5 Å². The third-order valence-electron chi connectivity index (χ3n) is 3.94. The van der Waals surface area contributed by atoms with Gasteiger partial charge in [-0.15, -0.1) is 0 Å². The Morgan fingerprint density at radius 3 is 3.00 bits per heavy atom. The van der Waals surface area contributed by atoms with Crippen molar-refractivity contribution in [3.8, 4) is 0 Å². The highest BCUT2D eigenvalue weighted by molar-refractivity contribution is 7.98. The van der Waals surface area contributed by atoms with Crippen LogP contribution in [0.15, 0.2) is 24.3 Å². The van der Waals surface area contributed by atoms with Gasteiger partial charge in [-0.3, -0.25) is 4.79 Å². The normalized spacial score (nSPS) is 17.5. The quantitative estimate of drug-likeness (QED) is 0.726. The maximum absolute atomic E-state index is 12.2. The Morgan fingerprint density at radius 2 is 2.25 bits per heavy atom. The molecule has 1 atom stereocenters. The predicted molar refractivity (Wildman–Crippen MR) is 99.4 cm³/mol. The highest BCUT2D eigenvalue weighted by atomic mass is 35.5. The first kappa shape index (κ1) is 18.9. The van der Waals surface area contributed by atoms with E-state index < -0.39 is 0 Å². The largest absolute Gasteiger partial charge is 0.353 e. The Hall–Kier alpha value is -1.40. The first-order chi connectivity index (χ1) is 11.6. The number of piperazine rings is 1. The molecule has 0 saturated carbocycles. The van der Waals surface area contributed by atoms with Crippen LogP contribution in [0, 0.1) is 0 Å². The number of rotatable bonds is 7. The van der Waals surface area contributed by atoms with Crippen molar-refractivity contribution in [1.29, 1.82) is 0 Å². The van der Waals surface area contributed by atoms with Crippen LogP contribution in [0.25, 0.3) is 0 Å². The topological polar surface area (TPSA) is 61.4 Å². The Labute approximate surface area is 152 Å². The lowest BCUT2D eigenvalue weighted by Crippen LogP contribution is -2.59. The molecule has 1 aromatic rings. The molecule has 132 valence electrons. The minimum Gasteiger partial charge on any atom is -0.353 e. The van der Waals surface area contributed by atoms with Crippen LogP contribution in [-0.4, -0.2) is 48.3 Å². The fraction of sp³-hybridized carbons (Fsp3) is 0.529. The van der Waals surface area contributed by atoms with Crippen LogP contribution in [0.4, 0.5) is 4.79 Å². The molecule has 0 radical (unpaired) electrons. The van der Waals surface area contributed by atoms with Crippen molar-refractivity contribution in [2.45, 2.75) is 31.6 Å². The van der Waals surface area contributed by atoms with Gasteiger partial charge in [0, 0.05) is 30.4 Å². The summed E-state index contributed by atoms with van der Waals surface area (Å²) in [6, 6.07) is 7.35. The molecule has 0 unspecified atom stereocenters. The molecule has 0 spiro atoms. The fourth-order valence-electron chi connectivity index (χ4n) is 2.63. The van der Waals surface area contributed by atoms with Crippen LogP contribution in [0.3, 0.4) is 0 Å². The van der Waals surface area contributed by atoms with Gasteiger partial charge in [-0.2, -0.15) is 11.8 Å². The van der Waals surface area contributed by atoms with Crippen molar-refractivity contribution >= 4 is 35.3 Å². The monoisotopic (exact) mass is 369 g/mol. The van der Waals surface area contributed by atoms with Crippen LogP contribution in [0.5, 0.6) is 0 Å². The van der Waals surface area contributed by atoms with Crippen molar-refractivity contribution < 1.29 is 9.59 Å². The number of halogens is 1. The number of urea groups is 1. The van der Waals surface area contributed by atoms with Gasteiger partial charge in [0.15, 0.2) is 0 Å². The summed E-state index contributed by atoms with van der Waals surface area (Å²) in [6.45, 7) is 3.62. The van der Waals surface area contributed by atoms with Crippen LogP contribution < -0.4 is 10.6 Å². The number of nitrogens with one attached hydrogen (secondary N) is 2. The maximum Gasteiger partial charge on any atom is 0.318 e. The highest BCUT2D eigenvalue weighted by Gasteiger charge is 2.31. The zero-order chi connectivity index (χ0) is 17.4. The molecule has 0 aromatic heterocycles. The van der Waals surface area contributed by atoms with Gasteiger partial charge < -0.3 is 15.5 Å². The first-order valence-corrected chi connectivity index (χ1v) is 9.80. The Morgan fingerprint density at radius 1 is 1.46 bits per heavy atom. The molecule has 1 saturated heterocycles. The number of amides is 3. The minimum atomic E-state index is -0.353. The molecule has 1 heterocycles. The molecule has 0 aliphatic carbocycles. The second-order valence-corrected chi connectivity index (χ2v) is 7.15. The summed E-state index contributed by atoms with van der Waals surface area (Å²) in [7, 11) is 0. The number of carbonyl (C=O) groups is 2. The number of thioether (sulfide) groups is 1. The van der Waals surface area contributed by atoms with E-state index in [-0.39, 0.29) is 18.0 Å². The Balaban J connectivity index is 1.64. The average molecular weight is 370 g/mol. The summed E-state index contributed by atoms with van der Waals surface area (Å²) >= 11 is 7.92. The minimum absolute atomic E-state index is 0.0609. The van der Waals surface area contributed by atoms with Crippen LogP contribution >= 0.6 is 23.4 Å². The summed E-state index contributed by atoms with van der Waals surface area (Å²) in [6.07, 6.45) is 1.52. The highest BCUT2D eigenvalue weighted by Crippen LogP contribution is 2.20. The molecule has 2 rings (SSSR count). The van der Waals surface area contributed by atoms with E-state index in [4.69, 9.17) is 11.6 Å². The molecular formula is C17H24ClN3O2S. The van der Waals surface area contributed by atoms with Gasteiger partial charge in [0.25, 0.3) is 0 Å². The summed E-state index contributed by atoms with van der Waals surface area (Å²) < 4.78 is 0. The predicted octanol–water partition coefficient (Wildman–Crippen LogP) is 2.88. The van der Waals surface area contributed by atoms with Gasteiger partial charge in [0.2, 0.25) is 5.91 Å². The van der Waals surface area contributed by atoms with Crippen LogP contribution in [-0.2, 0) is 10.5 Å². The molecule has 7 heteroatoms. The smallest absolute Gasteiger partial charge is 0.318 e. The van der Waals surface area contributed by atoms with Crippen molar-refractivity contribution in [3.63, 3.8) is 0 Å². The van der Waals surface area contributed by atoms with Gasteiger partial charge in [-0.25, -0.2) is 4.79 Å². The first-order valence-electron chi connectivity index (χ1n) is 8.26. The zero-order valence-electron chi connectivity index (χ0n) is 13.9. The molecule has 5 nitrogen and oxygen atoms in total. The SMILES string of the molecule is CC[C@H]1C(=O)NCCN1C(=O)NCCCSCc1ccccc1Cl.